The van der Waals surface area contributed by atoms with Gasteiger partial charge in [0.05, 0.1) is 0 Å². The van der Waals surface area contributed by atoms with E-state index in [2.05, 4.69) is 26.1 Å². The van der Waals surface area contributed by atoms with Gasteiger partial charge in [-0.15, -0.1) is 10.2 Å². The lowest BCUT2D eigenvalue weighted by Crippen LogP contribution is -2.49. The molecule has 3 rings (SSSR count). The van der Waals surface area contributed by atoms with E-state index in [1.54, 1.807) is 0 Å². The second-order valence-electron chi connectivity index (χ2n) is 7.04. The zero-order valence-electron chi connectivity index (χ0n) is 17.2. The molecule has 3 amide bonds. The van der Waals surface area contributed by atoms with Crippen LogP contribution in [-0.2, 0) is 4.79 Å². The number of hydrogen-bond donors (Lipinski definition) is 3. The van der Waals surface area contributed by atoms with Crippen LogP contribution in [0.2, 0.25) is 0 Å². The van der Waals surface area contributed by atoms with Crippen molar-refractivity contribution >= 4 is 34.1 Å². The first-order valence-electron chi connectivity index (χ1n) is 9.81. The van der Waals surface area contributed by atoms with E-state index in [4.69, 9.17) is 0 Å². The maximum atomic E-state index is 12.9. The number of para-hydroxylation sites is 1. The molecule has 2 atom stereocenters. The van der Waals surface area contributed by atoms with E-state index in [0.717, 1.165) is 22.6 Å². The van der Waals surface area contributed by atoms with E-state index in [1.165, 1.54) is 11.3 Å². The Morgan fingerprint density at radius 2 is 1.70 bits per heavy atom. The number of nitrogens with one attached hydrogen (secondary N) is 3. The van der Waals surface area contributed by atoms with Gasteiger partial charge in [-0.2, -0.15) is 0 Å². The quantitative estimate of drug-likeness (QED) is 0.514. The zero-order chi connectivity index (χ0) is 21.5. The molecule has 30 heavy (non-hydrogen) atoms. The Hall–Kier alpha value is -3.26. The van der Waals surface area contributed by atoms with Crippen molar-refractivity contribution in [3.63, 3.8) is 0 Å². The summed E-state index contributed by atoms with van der Waals surface area (Å²) >= 11 is 1.29. The van der Waals surface area contributed by atoms with Crippen LogP contribution >= 0.6 is 11.3 Å². The van der Waals surface area contributed by atoms with Gasteiger partial charge in [0, 0.05) is 11.3 Å². The summed E-state index contributed by atoms with van der Waals surface area (Å²) in [7, 11) is 0. The fraction of sp³-hybridized carbons (Fsp3) is 0.273. The fourth-order valence-corrected chi connectivity index (χ4v) is 3.62. The number of carbonyl (C=O) groups excluding carboxylic acids is 2. The molecule has 0 aliphatic heterocycles. The number of aryl methyl sites for hydroxylation is 1. The predicted molar refractivity (Wildman–Crippen MR) is 121 cm³/mol. The number of amides is 3. The number of nitrogens with zero attached hydrogens (tertiary/aromatic N) is 2. The van der Waals surface area contributed by atoms with Gasteiger partial charge in [0.15, 0.2) is 0 Å². The van der Waals surface area contributed by atoms with Crippen LogP contribution in [0.25, 0.3) is 10.6 Å². The van der Waals surface area contributed by atoms with E-state index in [0.29, 0.717) is 10.8 Å². The summed E-state index contributed by atoms with van der Waals surface area (Å²) in [6.07, 6.45) is 0.730. The normalized spacial score (nSPS) is 12.6. The second-order valence-corrected chi connectivity index (χ2v) is 8.02. The lowest BCUT2D eigenvalue weighted by atomic mass is 9.98. The molecule has 156 valence electrons. The molecule has 3 aromatic rings. The number of aromatic nitrogens is 2. The smallest absolute Gasteiger partial charge is 0.319 e. The van der Waals surface area contributed by atoms with Crippen molar-refractivity contribution in [3.05, 3.63) is 60.2 Å². The summed E-state index contributed by atoms with van der Waals surface area (Å²) in [5.41, 5.74) is 2.58. The molecule has 0 fully saturated rings. The van der Waals surface area contributed by atoms with Gasteiger partial charge in [-0.25, -0.2) is 4.79 Å². The lowest BCUT2D eigenvalue weighted by Gasteiger charge is -2.23. The maximum Gasteiger partial charge on any atom is 0.319 e. The van der Waals surface area contributed by atoms with Crippen LogP contribution in [0.5, 0.6) is 0 Å². The molecule has 0 bridgehead atoms. The van der Waals surface area contributed by atoms with E-state index < -0.39 is 12.1 Å². The Morgan fingerprint density at radius 1 is 1.00 bits per heavy atom. The molecule has 1 heterocycles. The SMILES string of the molecule is CCC(C)C(NC(=O)Nc1ccccc1C)C(=O)Nc1nnc(-c2ccccc2)s1. The zero-order valence-corrected chi connectivity index (χ0v) is 18.0. The molecule has 1 aromatic heterocycles. The van der Waals surface area contributed by atoms with Crippen LogP contribution in [0.15, 0.2) is 54.6 Å². The third-order valence-electron chi connectivity index (χ3n) is 4.85. The first kappa shape index (κ1) is 21.4. The van der Waals surface area contributed by atoms with Crippen molar-refractivity contribution in [2.24, 2.45) is 5.92 Å². The van der Waals surface area contributed by atoms with E-state index >= 15 is 0 Å². The molecule has 0 aliphatic rings. The van der Waals surface area contributed by atoms with Gasteiger partial charge in [-0.05, 0) is 24.5 Å². The molecule has 0 saturated carbocycles. The maximum absolute atomic E-state index is 12.9. The van der Waals surface area contributed by atoms with Gasteiger partial charge >= 0.3 is 6.03 Å². The predicted octanol–water partition coefficient (Wildman–Crippen LogP) is 4.69. The molecule has 2 aromatic carbocycles. The van der Waals surface area contributed by atoms with Gasteiger partial charge in [0.25, 0.3) is 0 Å². The third kappa shape index (κ3) is 5.42. The molecular formula is C22H25N5O2S. The number of benzene rings is 2. The number of anilines is 2. The van der Waals surface area contributed by atoms with E-state index in [9.17, 15) is 9.59 Å². The topological polar surface area (TPSA) is 96.0 Å². The number of carbonyl (C=O) groups is 2. The molecule has 8 heteroatoms. The van der Waals surface area contributed by atoms with Crippen LogP contribution in [0.3, 0.4) is 0 Å². The average molecular weight is 424 g/mol. The molecule has 0 saturated heterocycles. The largest absolute Gasteiger partial charge is 0.326 e. The molecule has 2 unspecified atom stereocenters. The summed E-state index contributed by atoms with van der Waals surface area (Å²) in [5, 5.41) is 17.7. The van der Waals surface area contributed by atoms with Crippen molar-refractivity contribution in [1.29, 1.82) is 0 Å². The number of hydrogen-bond acceptors (Lipinski definition) is 5. The first-order chi connectivity index (χ1) is 14.5. The molecule has 0 aliphatic carbocycles. The fourth-order valence-electron chi connectivity index (χ4n) is 2.87. The summed E-state index contributed by atoms with van der Waals surface area (Å²) in [6.45, 7) is 5.81. The van der Waals surface area contributed by atoms with Crippen LogP contribution < -0.4 is 16.0 Å². The van der Waals surface area contributed by atoms with Crippen LogP contribution in [0, 0.1) is 12.8 Å². The minimum atomic E-state index is -0.705. The molecular weight excluding hydrogens is 398 g/mol. The monoisotopic (exact) mass is 423 g/mol. The van der Waals surface area contributed by atoms with Crippen molar-refractivity contribution < 1.29 is 9.59 Å². The molecule has 0 spiro atoms. The molecule has 7 nitrogen and oxygen atoms in total. The summed E-state index contributed by atoms with van der Waals surface area (Å²) < 4.78 is 0. The molecule has 3 N–H and O–H groups in total. The highest BCUT2D eigenvalue weighted by molar-refractivity contribution is 7.18. The van der Waals surface area contributed by atoms with Crippen molar-refractivity contribution in [2.45, 2.75) is 33.2 Å². The number of urea groups is 1. The highest BCUT2D eigenvalue weighted by Gasteiger charge is 2.27. The Labute approximate surface area is 179 Å². The standard InChI is InChI=1S/C22H25N5O2S/c1-4-14(2)18(24-21(29)23-17-13-9-8-10-15(17)3)19(28)25-22-27-26-20(30-22)16-11-6-5-7-12-16/h5-14,18H,4H2,1-3H3,(H2,23,24,29)(H,25,27,28). The average Bonchev–Trinajstić information content (AvgIpc) is 3.22. The Kier molecular flexibility index (Phi) is 7.13. The van der Waals surface area contributed by atoms with Crippen molar-refractivity contribution in [2.75, 3.05) is 10.6 Å². The summed E-state index contributed by atoms with van der Waals surface area (Å²) in [4.78, 5) is 25.4. The first-order valence-corrected chi connectivity index (χ1v) is 10.6. The summed E-state index contributed by atoms with van der Waals surface area (Å²) in [5.74, 6) is -0.380. The van der Waals surface area contributed by atoms with Crippen molar-refractivity contribution in [1.82, 2.24) is 15.5 Å². The van der Waals surface area contributed by atoms with Gasteiger partial charge in [0.2, 0.25) is 11.0 Å². The Bertz CT molecular complexity index is 1010. The van der Waals surface area contributed by atoms with Crippen LogP contribution in [0.4, 0.5) is 15.6 Å². The van der Waals surface area contributed by atoms with Gasteiger partial charge < -0.3 is 10.6 Å². The van der Waals surface area contributed by atoms with E-state index in [1.807, 2.05) is 75.4 Å². The van der Waals surface area contributed by atoms with Crippen LogP contribution in [-0.4, -0.2) is 28.2 Å². The highest BCUT2D eigenvalue weighted by Crippen LogP contribution is 2.26. The third-order valence-corrected chi connectivity index (χ3v) is 5.74. The van der Waals surface area contributed by atoms with Gasteiger partial charge in [-0.3, -0.25) is 10.1 Å². The number of rotatable bonds is 7. The van der Waals surface area contributed by atoms with E-state index in [-0.39, 0.29) is 11.8 Å². The summed E-state index contributed by atoms with van der Waals surface area (Å²) in [6, 6.07) is 16.0. The Balaban J connectivity index is 1.68. The van der Waals surface area contributed by atoms with Gasteiger partial charge in [-0.1, -0.05) is 80.1 Å². The Morgan fingerprint density at radius 3 is 2.40 bits per heavy atom. The van der Waals surface area contributed by atoms with Gasteiger partial charge in [0.1, 0.15) is 11.0 Å². The highest BCUT2D eigenvalue weighted by atomic mass is 32.1. The van der Waals surface area contributed by atoms with Crippen molar-refractivity contribution in [3.8, 4) is 10.6 Å². The molecule has 0 radical (unpaired) electrons. The second kappa shape index (κ2) is 9.98. The van der Waals surface area contributed by atoms with Crippen LogP contribution in [0.1, 0.15) is 25.8 Å². The minimum absolute atomic E-state index is 0.0610. The lowest BCUT2D eigenvalue weighted by molar-refractivity contribution is -0.119. The minimum Gasteiger partial charge on any atom is -0.326 e.